The molecule has 3 nitrogen and oxygen atoms in total. The molecule has 0 bridgehead atoms. The van der Waals surface area contributed by atoms with Gasteiger partial charge in [-0.05, 0) is 61.4 Å². The maximum absolute atomic E-state index is 5.61. The fraction of sp³-hybridized carbons (Fsp3) is 0.364. The number of anilines is 1. The first-order chi connectivity index (χ1) is 12.4. The molecule has 2 aromatic rings. The Morgan fingerprint density at radius 2 is 1.88 bits per heavy atom. The molecule has 0 aromatic heterocycles. The third-order valence-corrected chi connectivity index (χ3v) is 5.18. The maximum Gasteiger partial charge on any atom is 0.159 e. The molecule has 128 valence electrons. The highest BCUT2D eigenvalue weighted by molar-refractivity contribution is 5.60. The van der Waals surface area contributed by atoms with Crippen LogP contribution in [0.1, 0.15) is 42.7 Å². The number of rotatable bonds is 3. The van der Waals surface area contributed by atoms with E-state index in [-0.39, 0.29) is 0 Å². The summed E-state index contributed by atoms with van der Waals surface area (Å²) in [6.07, 6.45) is 4.90. The van der Waals surface area contributed by atoms with Gasteiger partial charge >= 0.3 is 0 Å². The second kappa shape index (κ2) is 7.63. The number of nitrogens with one attached hydrogen (secondary N) is 2. The Kier molecular flexibility index (Phi) is 4.90. The van der Waals surface area contributed by atoms with E-state index in [1.54, 1.807) is 0 Å². The van der Waals surface area contributed by atoms with Crippen molar-refractivity contribution in [3.05, 3.63) is 59.7 Å². The Morgan fingerprint density at radius 1 is 1.04 bits per heavy atom. The van der Waals surface area contributed by atoms with Gasteiger partial charge < -0.3 is 15.4 Å². The Bertz CT molecular complexity index is 768. The highest BCUT2D eigenvalue weighted by Crippen LogP contribution is 2.37. The molecule has 2 N–H and O–H groups in total. The number of hydrogen-bond donors (Lipinski definition) is 2. The van der Waals surface area contributed by atoms with Gasteiger partial charge in [0.25, 0.3) is 0 Å². The van der Waals surface area contributed by atoms with Gasteiger partial charge in [0.1, 0.15) is 5.75 Å². The summed E-state index contributed by atoms with van der Waals surface area (Å²) in [5, 5.41) is 6.83. The molecule has 3 heteroatoms. The van der Waals surface area contributed by atoms with Crippen molar-refractivity contribution in [1.29, 1.82) is 0 Å². The Morgan fingerprint density at radius 3 is 2.72 bits per heavy atom. The van der Waals surface area contributed by atoms with Crippen LogP contribution in [0.25, 0.3) is 0 Å². The van der Waals surface area contributed by atoms with Crippen LogP contribution < -0.4 is 15.4 Å². The van der Waals surface area contributed by atoms with Gasteiger partial charge in [-0.2, -0.15) is 0 Å². The maximum atomic E-state index is 5.61. The van der Waals surface area contributed by atoms with Crippen LogP contribution in [0.4, 0.5) is 5.69 Å². The third-order valence-electron chi connectivity index (χ3n) is 5.18. The molecule has 1 fully saturated rings. The van der Waals surface area contributed by atoms with E-state index in [9.17, 15) is 0 Å². The Balaban J connectivity index is 1.25. The molecular weight excluding hydrogens is 308 g/mol. The van der Waals surface area contributed by atoms with E-state index in [1.807, 2.05) is 30.3 Å². The summed E-state index contributed by atoms with van der Waals surface area (Å²) < 4.78 is 5.61. The Labute approximate surface area is 149 Å². The van der Waals surface area contributed by atoms with Crippen molar-refractivity contribution in [2.45, 2.75) is 37.6 Å². The highest BCUT2D eigenvalue weighted by Gasteiger charge is 2.23. The normalized spacial score (nSPS) is 21.4. The fourth-order valence-corrected chi connectivity index (χ4v) is 3.74. The van der Waals surface area contributed by atoms with Crippen molar-refractivity contribution in [2.75, 3.05) is 18.6 Å². The Hall–Kier alpha value is -2.44. The summed E-state index contributed by atoms with van der Waals surface area (Å²) in [6, 6.07) is 17.4. The standard InChI is InChI=1S/C22H24N2O/c1-2-5-17(6-3-1)7-4-14-23-20-11-8-18(9-12-20)19-10-13-21-22(15-19)25-16-24-21/h1-3,5-6,10,13,15,18,20,23-24H,8-9,11-12,14,16H2. The van der Waals surface area contributed by atoms with Gasteiger partial charge in [0.05, 0.1) is 12.2 Å². The summed E-state index contributed by atoms with van der Waals surface area (Å²) in [5.74, 6) is 8.11. The smallest absolute Gasteiger partial charge is 0.159 e. The largest absolute Gasteiger partial charge is 0.471 e. The molecule has 1 aliphatic heterocycles. The van der Waals surface area contributed by atoms with E-state index < -0.39 is 0 Å². The fourth-order valence-electron chi connectivity index (χ4n) is 3.74. The van der Waals surface area contributed by atoms with E-state index in [1.165, 1.54) is 31.2 Å². The number of fused-ring (bicyclic) bond motifs is 1. The predicted octanol–water partition coefficient (Wildman–Crippen LogP) is 4.12. The first-order valence-electron chi connectivity index (χ1n) is 9.16. The van der Waals surface area contributed by atoms with E-state index in [0.29, 0.717) is 18.7 Å². The highest BCUT2D eigenvalue weighted by atomic mass is 16.5. The molecule has 0 unspecified atom stereocenters. The average Bonchev–Trinajstić information content (AvgIpc) is 3.14. The van der Waals surface area contributed by atoms with E-state index in [2.05, 4.69) is 40.7 Å². The van der Waals surface area contributed by atoms with Crippen molar-refractivity contribution in [3.8, 4) is 17.6 Å². The molecule has 0 amide bonds. The van der Waals surface area contributed by atoms with Crippen LogP contribution in [0.15, 0.2) is 48.5 Å². The zero-order chi connectivity index (χ0) is 16.9. The zero-order valence-corrected chi connectivity index (χ0v) is 14.4. The molecule has 0 radical (unpaired) electrons. The summed E-state index contributed by atoms with van der Waals surface area (Å²) in [7, 11) is 0. The van der Waals surface area contributed by atoms with Gasteiger partial charge in [-0.15, -0.1) is 0 Å². The monoisotopic (exact) mass is 332 g/mol. The van der Waals surface area contributed by atoms with Crippen LogP contribution in [-0.4, -0.2) is 19.3 Å². The van der Waals surface area contributed by atoms with E-state index in [4.69, 9.17) is 4.74 Å². The lowest BCUT2D eigenvalue weighted by Crippen LogP contribution is -2.32. The number of hydrogen-bond acceptors (Lipinski definition) is 3. The van der Waals surface area contributed by atoms with Crippen LogP contribution in [-0.2, 0) is 0 Å². The van der Waals surface area contributed by atoms with Gasteiger partial charge in [0.2, 0.25) is 0 Å². The molecule has 2 aromatic carbocycles. The van der Waals surface area contributed by atoms with Gasteiger partial charge in [0.15, 0.2) is 6.73 Å². The minimum Gasteiger partial charge on any atom is -0.471 e. The van der Waals surface area contributed by atoms with E-state index >= 15 is 0 Å². The van der Waals surface area contributed by atoms with Crippen molar-refractivity contribution in [3.63, 3.8) is 0 Å². The van der Waals surface area contributed by atoms with Crippen molar-refractivity contribution >= 4 is 5.69 Å². The second-order valence-electron chi connectivity index (χ2n) is 6.82. The van der Waals surface area contributed by atoms with Crippen molar-refractivity contribution < 1.29 is 4.74 Å². The minimum atomic E-state index is 0.591. The molecular formula is C22H24N2O. The molecule has 25 heavy (non-hydrogen) atoms. The van der Waals surface area contributed by atoms with Crippen LogP contribution >= 0.6 is 0 Å². The SMILES string of the molecule is C(#Cc1ccccc1)CNC1CCC(c2ccc3c(c2)OCN3)CC1. The second-order valence-corrected chi connectivity index (χ2v) is 6.82. The number of benzene rings is 2. The molecule has 1 aliphatic carbocycles. The molecule has 1 heterocycles. The molecule has 0 saturated heterocycles. The lowest BCUT2D eigenvalue weighted by molar-refractivity contribution is 0.350. The summed E-state index contributed by atoms with van der Waals surface area (Å²) >= 11 is 0. The summed E-state index contributed by atoms with van der Waals surface area (Å²) in [4.78, 5) is 0. The first kappa shape index (κ1) is 16.1. The van der Waals surface area contributed by atoms with Crippen molar-refractivity contribution in [2.24, 2.45) is 0 Å². The lowest BCUT2D eigenvalue weighted by Gasteiger charge is -2.29. The predicted molar refractivity (Wildman–Crippen MR) is 102 cm³/mol. The van der Waals surface area contributed by atoms with Gasteiger partial charge in [-0.1, -0.05) is 36.1 Å². The van der Waals surface area contributed by atoms with Gasteiger partial charge in [-0.25, -0.2) is 0 Å². The summed E-state index contributed by atoms with van der Waals surface area (Å²) in [5.41, 5.74) is 3.63. The van der Waals surface area contributed by atoms with Crippen LogP contribution in [0.5, 0.6) is 5.75 Å². The zero-order valence-electron chi connectivity index (χ0n) is 14.4. The van der Waals surface area contributed by atoms with E-state index in [0.717, 1.165) is 23.5 Å². The quantitative estimate of drug-likeness (QED) is 0.830. The minimum absolute atomic E-state index is 0.591. The lowest BCUT2D eigenvalue weighted by atomic mass is 9.81. The topological polar surface area (TPSA) is 33.3 Å². The van der Waals surface area contributed by atoms with Gasteiger partial charge in [-0.3, -0.25) is 0 Å². The molecule has 2 aliphatic rings. The van der Waals surface area contributed by atoms with Crippen LogP contribution in [0.2, 0.25) is 0 Å². The molecule has 0 atom stereocenters. The van der Waals surface area contributed by atoms with Gasteiger partial charge in [0, 0.05) is 11.6 Å². The molecule has 1 saturated carbocycles. The average molecular weight is 332 g/mol. The van der Waals surface area contributed by atoms with Crippen LogP contribution in [0, 0.1) is 11.8 Å². The van der Waals surface area contributed by atoms with Crippen LogP contribution in [0.3, 0.4) is 0 Å². The van der Waals surface area contributed by atoms with Crippen molar-refractivity contribution in [1.82, 2.24) is 5.32 Å². The molecule has 0 spiro atoms. The number of ether oxygens (including phenoxy) is 1. The summed E-state index contributed by atoms with van der Waals surface area (Å²) in [6.45, 7) is 1.36. The first-order valence-corrected chi connectivity index (χ1v) is 9.16. The third kappa shape index (κ3) is 3.97. The molecule has 4 rings (SSSR count).